The lowest BCUT2D eigenvalue weighted by Crippen LogP contribution is -2.41. The first-order valence-electron chi connectivity index (χ1n) is 5.94. The summed E-state index contributed by atoms with van der Waals surface area (Å²) >= 11 is 5.71. The van der Waals surface area contributed by atoms with Crippen molar-refractivity contribution < 1.29 is 29.3 Å². The second kappa shape index (κ2) is 7.49. The molecule has 0 aliphatic heterocycles. The van der Waals surface area contributed by atoms with E-state index >= 15 is 0 Å². The normalized spacial score (nSPS) is 11.5. The van der Waals surface area contributed by atoms with Crippen molar-refractivity contribution in [2.75, 3.05) is 7.11 Å². The molecular formula is C13H14ClNO6. The van der Waals surface area contributed by atoms with E-state index in [9.17, 15) is 19.5 Å². The number of phenols is 1. The Hall–Kier alpha value is -2.28. The molecule has 0 saturated carbocycles. The molecule has 114 valence electrons. The number of benzene rings is 1. The summed E-state index contributed by atoms with van der Waals surface area (Å²) in [6.45, 7) is 0. The number of halogens is 1. The quantitative estimate of drug-likeness (QED) is 0.679. The van der Waals surface area contributed by atoms with E-state index in [0.717, 1.165) is 0 Å². The van der Waals surface area contributed by atoms with Gasteiger partial charge in [-0.3, -0.25) is 9.59 Å². The number of hydrogen-bond donors (Lipinski definition) is 3. The number of rotatable bonds is 6. The van der Waals surface area contributed by atoms with Crippen LogP contribution in [0.4, 0.5) is 0 Å². The molecule has 0 radical (unpaired) electrons. The maximum Gasteiger partial charge on any atom is 0.326 e. The molecule has 1 amide bonds. The summed E-state index contributed by atoms with van der Waals surface area (Å²) in [5.74, 6) is -3.00. The zero-order chi connectivity index (χ0) is 16.0. The highest BCUT2D eigenvalue weighted by Crippen LogP contribution is 2.21. The van der Waals surface area contributed by atoms with Gasteiger partial charge in [0.05, 0.1) is 12.7 Å². The number of carbonyl (C=O) groups is 3. The molecule has 0 aliphatic rings. The molecule has 0 unspecified atom stereocenters. The fourth-order valence-corrected chi connectivity index (χ4v) is 1.72. The molecule has 1 atom stereocenters. The maximum absolute atomic E-state index is 11.9. The highest BCUT2D eigenvalue weighted by molar-refractivity contribution is 6.31. The summed E-state index contributed by atoms with van der Waals surface area (Å²) in [7, 11) is 1.18. The summed E-state index contributed by atoms with van der Waals surface area (Å²) in [5, 5.41) is 21.0. The van der Waals surface area contributed by atoms with Crippen LogP contribution in [0.2, 0.25) is 5.02 Å². The number of carboxylic acids is 1. The molecule has 21 heavy (non-hydrogen) atoms. The third-order valence-electron chi connectivity index (χ3n) is 2.67. The Labute approximate surface area is 125 Å². The number of aliphatic carboxylic acids is 1. The molecule has 1 aromatic carbocycles. The number of aromatic hydroxyl groups is 1. The van der Waals surface area contributed by atoms with E-state index in [1.807, 2.05) is 0 Å². The van der Waals surface area contributed by atoms with Crippen LogP contribution in [0, 0.1) is 0 Å². The SMILES string of the molecule is COC(=O)CC[C@@H](NC(=O)c1cc(Cl)ccc1O)C(=O)O. The van der Waals surface area contributed by atoms with Crippen molar-refractivity contribution in [1.29, 1.82) is 0 Å². The van der Waals surface area contributed by atoms with Crippen LogP contribution in [-0.4, -0.2) is 41.2 Å². The number of carboxylic acid groups (broad SMARTS) is 1. The highest BCUT2D eigenvalue weighted by atomic mass is 35.5. The van der Waals surface area contributed by atoms with Crippen LogP contribution in [0.3, 0.4) is 0 Å². The first-order chi connectivity index (χ1) is 9.85. The lowest BCUT2D eigenvalue weighted by Gasteiger charge is -2.14. The van der Waals surface area contributed by atoms with Gasteiger partial charge in [-0.1, -0.05) is 11.6 Å². The van der Waals surface area contributed by atoms with Crippen LogP contribution in [0.25, 0.3) is 0 Å². The maximum atomic E-state index is 11.9. The molecular weight excluding hydrogens is 302 g/mol. The Morgan fingerprint density at radius 2 is 2.05 bits per heavy atom. The average Bonchev–Trinajstić information content (AvgIpc) is 2.44. The van der Waals surface area contributed by atoms with E-state index in [0.29, 0.717) is 0 Å². The number of esters is 1. The monoisotopic (exact) mass is 315 g/mol. The van der Waals surface area contributed by atoms with Crippen LogP contribution in [0.5, 0.6) is 5.75 Å². The van der Waals surface area contributed by atoms with E-state index in [2.05, 4.69) is 10.1 Å². The van der Waals surface area contributed by atoms with Crippen molar-refractivity contribution in [3.05, 3.63) is 28.8 Å². The summed E-state index contributed by atoms with van der Waals surface area (Å²) in [6, 6.07) is 2.54. The molecule has 0 spiro atoms. The number of hydrogen-bond acceptors (Lipinski definition) is 5. The van der Waals surface area contributed by atoms with Gasteiger partial charge in [0.1, 0.15) is 11.8 Å². The number of ether oxygens (including phenoxy) is 1. The molecule has 8 heteroatoms. The minimum Gasteiger partial charge on any atom is -0.507 e. The van der Waals surface area contributed by atoms with Crippen LogP contribution in [-0.2, 0) is 14.3 Å². The Morgan fingerprint density at radius 1 is 1.38 bits per heavy atom. The molecule has 3 N–H and O–H groups in total. The van der Waals surface area contributed by atoms with Gasteiger partial charge in [-0.25, -0.2) is 4.79 Å². The van der Waals surface area contributed by atoms with Crippen molar-refractivity contribution in [1.82, 2.24) is 5.32 Å². The van der Waals surface area contributed by atoms with Crippen molar-refractivity contribution >= 4 is 29.4 Å². The predicted octanol–water partition coefficient (Wildman–Crippen LogP) is 1.18. The smallest absolute Gasteiger partial charge is 0.326 e. The van der Waals surface area contributed by atoms with E-state index in [-0.39, 0.29) is 29.2 Å². The first-order valence-corrected chi connectivity index (χ1v) is 6.32. The van der Waals surface area contributed by atoms with Gasteiger partial charge in [0.25, 0.3) is 5.91 Å². The van der Waals surface area contributed by atoms with Crippen molar-refractivity contribution in [3.8, 4) is 5.75 Å². The summed E-state index contributed by atoms with van der Waals surface area (Å²) in [5.41, 5.74) is -0.146. The zero-order valence-electron chi connectivity index (χ0n) is 11.1. The Morgan fingerprint density at radius 3 is 2.62 bits per heavy atom. The third kappa shape index (κ3) is 4.96. The van der Waals surface area contributed by atoms with Crippen LogP contribution in [0.15, 0.2) is 18.2 Å². The Kier molecular flexibility index (Phi) is 5.98. The second-order valence-electron chi connectivity index (χ2n) is 4.14. The molecule has 0 saturated heterocycles. The molecule has 7 nitrogen and oxygen atoms in total. The van der Waals surface area contributed by atoms with Gasteiger partial charge in [0, 0.05) is 11.4 Å². The summed E-state index contributed by atoms with van der Waals surface area (Å²) in [6.07, 6.45) is -0.287. The van der Waals surface area contributed by atoms with Gasteiger partial charge < -0.3 is 20.3 Å². The van der Waals surface area contributed by atoms with E-state index in [1.165, 1.54) is 25.3 Å². The van der Waals surface area contributed by atoms with Crippen molar-refractivity contribution in [2.24, 2.45) is 0 Å². The number of methoxy groups -OCH3 is 1. The second-order valence-corrected chi connectivity index (χ2v) is 4.58. The average molecular weight is 316 g/mol. The van der Waals surface area contributed by atoms with E-state index in [4.69, 9.17) is 16.7 Å². The number of phenolic OH excluding ortho intramolecular Hbond substituents is 1. The van der Waals surface area contributed by atoms with Crippen LogP contribution < -0.4 is 5.32 Å². The molecule has 0 fully saturated rings. The number of nitrogens with one attached hydrogen (secondary N) is 1. The molecule has 0 aromatic heterocycles. The van der Waals surface area contributed by atoms with Crippen LogP contribution >= 0.6 is 11.6 Å². The summed E-state index contributed by atoms with van der Waals surface area (Å²) < 4.78 is 4.40. The first kappa shape index (κ1) is 16.8. The zero-order valence-corrected chi connectivity index (χ0v) is 11.9. The lowest BCUT2D eigenvalue weighted by atomic mass is 10.1. The molecule has 1 aromatic rings. The predicted molar refractivity (Wildman–Crippen MR) is 73.3 cm³/mol. The van der Waals surface area contributed by atoms with Gasteiger partial charge in [-0.05, 0) is 24.6 Å². The van der Waals surface area contributed by atoms with E-state index < -0.39 is 23.9 Å². The lowest BCUT2D eigenvalue weighted by molar-refractivity contribution is -0.142. The highest BCUT2D eigenvalue weighted by Gasteiger charge is 2.23. The Balaban J connectivity index is 2.79. The fraction of sp³-hybridized carbons (Fsp3) is 0.308. The van der Waals surface area contributed by atoms with E-state index in [1.54, 1.807) is 0 Å². The van der Waals surface area contributed by atoms with Crippen molar-refractivity contribution in [2.45, 2.75) is 18.9 Å². The number of amides is 1. The van der Waals surface area contributed by atoms with Gasteiger partial charge in [0.2, 0.25) is 0 Å². The van der Waals surface area contributed by atoms with Crippen molar-refractivity contribution in [3.63, 3.8) is 0 Å². The largest absolute Gasteiger partial charge is 0.507 e. The molecule has 0 bridgehead atoms. The third-order valence-corrected chi connectivity index (χ3v) is 2.91. The molecule has 0 heterocycles. The minimum atomic E-state index is -1.30. The number of carbonyl (C=O) groups excluding carboxylic acids is 2. The van der Waals surface area contributed by atoms with Gasteiger partial charge in [-0.15, -0.1) is 0 Å². The summed E-state index contributed by atoms with van der Waals surface area (Å²) in [4.78, 5) is 34.0. The van der Waals surface area contributed by atoms with Gasteiger partial charge in [0.15, 0.2) is 0 Å². The van der Waals surface area contributed by atoms with Gasteiger partial charge >= 0.3 is 11.9 Å². The topological polar surface area (TPSA) is 113 Å². The fourth-order valence-electron chi connectivity index (χ4n) is 1.55. The van der Waals surface area contributed by atoms with Crippen LogP contribution in [0.1, 0.15) is 23.2 Å². The minimum absolute atomic E-state index is 0.130. The van der Waals surface area contributed by atoms with Gasteiger partial charge in [-0.2, -0.15) is 0 Å². The molecule has 0 aliphatic carbocycles. The standard InChI is InChI=1S/C13H14ClNO6/c1-21-11(17)5-3-9(13(19)20)15-12(18)8-6-7(14)2-4-10(8)16/h2,4,6,9,16H,3,5H2,1H3,(H,15,18)(H,19,20)/t9-/m1/s1. The molecule has 1 rings (SSSR count). The Bertz CT molecular complexity index is 560.